The molecule has 2 heteroatoms. The number of rotatable bonds is 2. The van der Waals surface area contributed by atoms with E-state index in [1.807, 2.05) is 39.8 Å². The van der Waals surface area contributed by atoms with Gasteiger partial charge in [-0.15, -0.1) is 13.2 Å². The third-order valence-corrected chi connectivity index (χ3v) is 1.11. The second-order valence-corrected chi connectivity index (χ2v) is 4.39. The Balaban J connectivity index is -0.0000000625. The molecule has 0 saturated carbocycles. The second-order valence-electron chi connectivity index (χ2n) is 4.39. The molecule has 0 fully saturated rings. The van der Waals surface area contributed by atoms with Crippen LogP contribution in [0.2, 0.25) is 0 Å². The molecule has 0 spiro atoms. The summed E-state index contributed by atoms with van der Waals surface area (Å²) in [5, 5.41) is 0. The maximum atomic E-state index is 3.77. The summed E-state index contributed by atoms with van der Waals surface area (Å²) in [6.45, 7) is 22.7. The van der Waals surface area contributed by atoms with Crippen molar-refractivity contribution < 1.29 is 24.0 Å². The van der Waals surface area contributed by atoms with Crippen molar-refractivity contribution in [1.82, 2.24) is 0 Å². The number of hydrogen-bond donors (Lipinski definition) is 0. The Kier molecular flexibility index (Phi) is 18.4. The quantitative estimate of drug-likeness (QED) is 0.466. The Morgan fingerprint density at radius 2 is 0.857 bits per heavy atom. The summed E-state index contributed by atoms with van der Waals surface area (Å²) in [7, 11) is 0. The van der Waals surface area contributed by atoms with Gasteiger partial charge in [-0.1, -0.05) is 39.8 Å². The largest absolute Gasteiger partial charge is 1.00 e. The molecule has 0 aliphatic rings. The van der Waals surface area contributed by atoms with E-state index in [2.05, 4.69) is 27.0 Å². The van der Waals surface area contributed by atoms with Gasteiger partial charge in [0, 0.05) is 0 Å². The van der Waals surface area contributed by atoms with E-state index >= 15 is 0 Å². The Morgan fingerprint density at radius 1 is 0.786 bits per heavy atom. The second kappa shape index (κ2) is 10.6. The van der Waals surface area contributed by atoms with Crippen LogP contribution >= 0.6 is 0 Å². The Labute approximate surface area is 126 Å². The van der Waals surface area contributed by atoms with Crippen LogP contribution < -0.4 is 24.0 Å². The van der Waals surface area contributed by atoms with Crippen LogP contribution in [0, 0.1) is 24.7 Å². The van der Waals surface area contributed by atoms with Crippen LogP contribution in [-0.2, 0) is 0 Å². The smallest absolute Gasteiger partial charge is 1.00 e. The van der Waals surface area contributed by atoms with Crippen molar-refractivity contribution in [2.45, 2.75) is 27.7 Å². The first-order chi connectivity index (χ1) is 5.12. The van der Waals surface area contributed by atoms with Crippen LogP contribution in [0.25, 0.3) is 0 Å². The number of halogens is 1. The fraction of sp³-hybridized carbons (Fsp3) is 0.500. The normalized spacial score (nSPS) is 9.57. The zero-order chi connectivity index (χ0) is 10.4. The molecule has 0 aliphatic heterocycles. The molecule has 0 atom stereocenters. The van der Waals surface area contributed by atoms with E-state index in [0.29, 0.717) is 0 Å². The first kappa shape index (κ1) is 24.4. The van der Waals surface area contributed by atoms with E-state index in [9.17, 15) is 0 Å². The van der Waals surface area contributed by atoms with Crippen LogP contribution in [0.3, 0.4) is 0 Å². The Hall–Kier alpha value is 1.08. The summed E-state index contributed by atoms with van der Waals surface area (Å²) in [4.78, 5) is 0. The van der Waals surface area contributed by atoms with Gasteiger partial charge < -0.3 is 24.0 Å². The summed E-state index contributed by atoms with van der Waals surface area (Å²) >= 11 is 0. The molecule has 0 amide bonds. The van der Waals surface area contributed by atoms with Gasteiger partial charge in [-0.2, -0.15) is 0 Å². The number of hydrogen-bond acceptors (Lipinski definition) is 0. The molecule has 14 heavy (non-hydrogen) atoms. The molecule has 0 aromatic rings. The molecule has 0 bridgehead atoms. The monoisotopic (exact) mass is 408 g/mol. The molecule has 0 saturated heterocycles. The molecular formula is C12H22IIn. The van der Waals surface area contributed by atoms with Crippen LogP contribution in [0.5, 0.6) is 0 Å². The summed E-state index contributed by atoms with van der Waals surface area (Å²) in [5.74, 6) is 0. The van der Waals surface area contributed by atoms with Gasteiger partial charge in [0.05, 0.1) is 0 Å². The van der Waals surface area contributed by atoms with Crippen molar-refractivity contribution in [2.75, 3.05) is 0 Å². The molecule has 4 radical (unpaired) electrons. The molecule has 0 nitrogen and oxygen atoms in total. The van der Waals surface area contributed by atoms with Crippen molar-refractivity contribution in [1.29, 1.82) is 0 Å². The van der Waals surface area contributed by atoms with E-state index in [0.717, 1.165) is 0 Å². The molecular weight excluding hydrogens is 386 g/mol. The minimum Gasteiger partial charge on any atom is -1.00 e. The molecule has 0 aromatic heterocycles. The summed E-state index contributed by atoms with van der Waals surface area (Å²) in [6.07, 6.45) is 3.65. The fourth-order valence-corrected chi connectivity index (χ4v) is 0. The summed E-state index contributed by atoms with van der Waals surface area (Å²) in [6, 6.07) is 0. The van der Waals surface area contributed by atoms with Crippen molar-refractivity contribution in [3.8, 4) is 0 Å². The molecule has 0 aliphatic carbocycles. The zero-order valence-corrected chi connectivity index (χ0v) is 15.4. The molecule has 0 unspecified atom stereocenters. The van der Waals surface area contributed by atoms with Gasteiger partial charge in [0.1, 0.15) is 0 Å². The average Bonchev–Trinajstić information content (AvgIpc) is 1.86. The minimum atomic E-state index is 0. The first-order valence-corrected chi connectivity index (χ1v) is 4.10. The minimum absolute atomic E-state index is 0. The van der Waals surface area contributed by atoms with Gasteiger partial charge in [-0.25, -0.2) is 0 Å². The molecule has 0 heterocycles. The van der Waals surface area contributed by atoms with E-state index in [-0.39, 0.29) is 60.6 Å². The van der Waals surface area contributed by atoms with Crippen LogP contribution in [0.15, 0.2) is 25.3 Å². The topological polar surface area (TPSA) is 0 Å². The van der Waals surface area contributed by atoms with Gasteiger partial charge >= 0.3 is 25.8 Å². The van der Waals surface area contributed by atoms with Crippen LogP contribution in [0.1, 0.15) is 27.7 Å². The summed E-state index contributed by atoms with van der Waals surface area (Å²) < 4.78 is 0. The fourth-order valence-electron chi connectivity index (χ4n) is 0. The third-order valence-electron chi connectivity index (χ3n) is 1.11. The summed E-state index contributed by atoms with van der Waals surface area (Å²) in [5.41, 5.74) is 0.111. The van der Waals surface area contributed by atoms with Crippen molar-refractivity contribution in [2.24, 2.45) is 10.8 Å². The molecule has 0 aromatic carbocycles. The van der Waals surface area contributed by atoms with E-state index < -0.39 is 0 Å². The van der Waals surface area contributed by atoms with E-state index in [1.54, 1.807) is 0 Å². The standard InChI is InChI=1S/2C6H11.HI.In/c2*1-5-6(2,3)4;;/h2*5H,1-2H2,3-4H3;1H;/q;;;+1/p-1. The SMILES string of the molecule is [CH2]C(C)(C)C=C.[CH2]C(C)(C)C=C.[I-].[In+]. The molecule has 0 rings (SSSR count). The van der Waals surface area contributed by atoms with Gasteiger partial charge in [-0.05, 0) is 24.7 Å². The first-order valence-electron chi connectivity index (χ1n) is 4.10. The van der Waals surface area contributed by atoms with Crippen molar-refractivity contribution in [3.63, 3.8) is 0 Å². The van der Waals surface area contributed by atoms with E-state index in [4.69, 9.17) is 0 Å². The molecule has 0 N–H and O–H groups in total. The van der Waals surface area contributed by atoms with Crippen molar-refractivity contribution in [3.05, 3.63) is 39.2 Å². The van der Waals surface area contributed by atoms with Gasteiger partial charge in [0.15, 0.2) is 0 Å². The predicted octanol–water partition coefficient (Wildman–Crippen LogP) is 0.689. The predicted molar refractivity (Wildman–Crippen MR) is 64.4 cm³/mol. The maximum absolute atomic E-state index is 3.77. The van der Waals surface area contributed by atoms with Gasteiger partial charge in [-0.3, -0.25) is 0 Å². The maximum Gasteiger partial charge on any atom is 1.00 e. The molecule has 80 valence electrons. The van der Waals surface area contributed by atoms with Crippen LogP contribution in [0.4, 0.5) is 0 Å². The van der Waals surface area contributed by atoms with E-state index in [1.165, 1.54) is 0 Å². The third kappa shape index (κ3) is 38.1. The Morgan fingerprint density at radius 3 is 0.857 bits per heavy atom. The van der Waals surface area contributed by atoms with Gasteiger partial charge in [0.25, 0.3) is 0 Å². The van der Waals surface area contributed by atoms with Crippen molar-refractivity contribution >= 4 is 25.8 Å². The zero-order valence-electron chi connectivity index (χ0n) is 9.94. The van der Waals surface area contributed by atoms with Gasteiger partial charge in [0.2, 0.25) is 0 Å². The average molecular weight is 408 g/mol. The Bertz CT molecular complexity index is 119. The van der Waals surface area contributed by atoms with Crippen LogP contribution in [-0.4, -0.2) is 25.8 Å². The number of allylic oxidation sites excluding steroid dienone is 2.